The summed E-state index contributed by atoms with van der Waals surface area (Å²) in [6.45, 7) is 9.06. The zero-order valence-corrected chi connectivity index (χ0v) is 12.9. The van der Waals surface area contributed by atoms with E-state index in [9.17, 15) is 0 Å². The van der Waals surface area contributed by atoms with Gasteiger partial charge in [0.2, 0.25) is 0 Å². The lowest BCUT2D eigenvalue weighted by Crippen LogP contribution is -2.16. The van der Waals surface area contributed by atoms with Crippen LogP contribution in [0.4, 0.5) is 0 Å². The molecule has 2 aromatic carbocycles. The third-order valence-corrected chi connectivity index (χ3v) is 3.63. The molecule has 1 heteroatoms. The lowest BCUT2D eigenvalue weighted by atomic mass is 9.77. The van der Waals surface area contributed by atoms with E-state index in [0.29, 0.717) is 12.5 Å². The summed E-state index contributed by atoms with van der Waals surface area (Å²) >= 11 is 0. The molecule has 2 aromatic rings. The Hall–Kier alpha value is -1.76. The Kier molecular flexibility index (Phi) is 4.84. The van der Waals surface area contributed by atoms with Crippen LogP contribution in [0, 0.1) is 6.92 Å². The number of fused-ring (bicyclic) bond motifs is 1. The summed E-state index contributed by atoms with van der Waals surface area (Å²) in [4.78, 5) is 0. The van der Waals surface area contributed by atoms with Crippen LogP contribution < -0.4 is 4.74 Å². The van der Waals surface area contributed by atoms with Crippen LogP contribution in [0.3, 0.4) is 0 Å². The molecule has 1 unspecified atom stereocenters. The highest BCUT2D eigenvalue weighted by Gasteiger charge is 2.26. The van der Waals surface area contributed by atoms with Crippen molar-refractivity contribution in [3.63, 3.8) is 0 Å². The topological polar surface area (TPSA) is 9.23 Å². The molecular weight excluding hydrogens is 244 g/mol. The van der Waals surface area contributed by atoms with Gasteiger partial charge >= 0.3 is 0 Å². The molecule has 0 spiro atoms. The van der Waals surface area contributed by atoms with Gasteiger partial charge in [0, 0.05) is 5.56 Å². The van der Waals surface area contributed by atoms with Crippen LogP contribution in [-0.4, -0.2) is 0 Å². The third-order valence-electron chi connectivity index (χ3n) is 3.63. The van der Waals surface area contributed by atoms with Gasteiger partial charge < -0.3 is 4.74 Å². The van der Waals surface area contributed by atoms with Gasteiger partial charge in [-0.15, -0.1) is 0 Å². The van der Waals surface area contributed by atoms with Crippen LogP contribution in [0.15, 0.2) is 42.5 Å². The van der Waals surface area contributed by atoms with Crippen molar-refractivity contribution in [2.24, 2.45) is 0 Å². The molecule has 0 aromatic heterocycles. The van der Waals surface area contributed by atoms with Crippen molar-refractivity contribution >= 4 is 0 Å². The van der Waals surface area contributed by atoms with Crippen molar-refractivity contribution < 1.29 is 4.74 Å². The maximum absolute atomic E-state index is 6.01. The fraction of sp³-hybridized carbons (Fsp3) is 0.368. The molecule has 0 bridgehead atoms. The van der Waals surface area contributed by atoms with E-state index in [4.69, 9.17) is 4.74 Å². The standard InChI is InChI=1S/C17H18O.C2H6/c1-12-8-15-10-13(2)17(15)16(9-12)18-11-14-6-4-3-5-7-14;1-2/h3-9,13H,10-11H2,1-2H3;1-2H3. The smallest absolute Gasteiger partial charge is 0.123 e. The van der Waals surface area contributed by atoms with Crippen LogP contribution in [0.25, 0.3) is 0 Å². The minimum atomic E-state index is 0.645. The molecule has 0 aliphatic heterocycles. The molecule has 0 radical (unpaired) electrons. The molecule has 106 valence electrons. The van der Waals surface area contributed by atoms with Crippen LogP contribution in [-0.2, 0) is 13.0 Å². The largest absolute Gasteiger partial charge is 0.489 e. The molecule has 1 atom stereocenters. The van der Waals surface area contributed by atoms with E-state index in [0.717, 1.165) is 5.75 Å². The van der Waals surface area contributed by atoms with Crippen molar-refractivity contribution in [3.8, 4) is 5.75 Å². The second-order valence-corrected chi connectivity index (χ2v) is 5.22. The lowest BCUT2D eigenvalue weighted by molar-refractivity contribution is 0.297. The molecule has 0 N–H and O–H groups in total. The average molecular weight is 268 g/mol. The number of rotatable bonds is 3. The molecule has 1 aliphatic carbocycles. The summed E-state index contributed by atoms with van der Waals surface area (Å²) in [6.07, 6.45) is 1.19. The Morgan fingerprint density at radius 1 is 1.10 bits per heavy atom. The molecule has 0 heterocycles. The number of hydrogen-bond acceptors (Lipinski definition) is 1. The minimum absolute atomic E-state index is 0.645. The summed E-state index contributed by atoms with van der Waals surface area (Å²) in [5.74, 6) is 1.72. The molecular formula is C19H24O. The van der Waals surface area contributed by atoms with Gasteiger partial charge in [-0.25, -0.2) is 0 Å². The van der Waals surface area contributed by atoms with E-state index in [2.05, 4.69) is 50.2 Å². The first-order chi connectivity index (χ1) is 9.74. The van der Waals surface area contributed by atoms with Crippen LogP contribution >= 0.6 is 0 Å². The first-order valence-electron chi connectivity index (χ1n) is 7.54. The second-order valence-electron chi connectivity index (χ2n) is 5.22. The number of benzene rings is 2. The molecule has 3 rings (SSSR count). The minimum Gasteiger partial charge on any atom is -0.489 e. The predicted octanol–water partition coefficient (Wildman–Crippen LogP) is 5.26. The Morgan fingerprint density at radius 3 is 2.45 bits per heavy atom. The number of hydrogen-bond donors (Lipinski definition) is 0. The summed E-state index contributed by atoms with van der Waals surface area (Å²) in [5, 5.41) is 0. The first kappa shape index (κ1) is 14.6. The number of aryl methyl sites for hydroxylation is 1. The Balaban J connectivity index is 0.000000704. The van der Waals surface area contributed by atoms with E-state index < -0.39 is 0 Å². The lowest BCUT2D eigenvalue weighted by Gasteiger charge is -2.30. The van der Waals surface area contributed by atoms with Crippen LogP contribution in [0.5, 0.6) is 5.75 Å². The maximum atomic E-state index is 6.01. The van der Waals surface area contributed by atoms with Crippen molar-refractivity contribution in [3.05, 3.63) is 64.7 Å². The van der Waals surface area contributed by atoms with Gasteiger partial charge in [0.25, 0.3) is 0 Å². The van der Waals surface area contributed by atoms with Gasteiger partial charge in [0.1, 0.15) is 12.4 Å². The van der Waals surface area contributed by atoms with E-state index in [1.165, 1.54) is 28.7 Å². The Morgan fingerprint density at radius 2 is 1.80 bits per heavy atom. The first-order valence-corrected chi connectivity index (χ1v) is 7.54. The van der Waals surface area contributed by atoms with Crippen LogP contribution in [0.2, 0.25) is 0 Å². The third kappa shape index (κ3) is 3.04. The monoisotopic (exact) mass is 268 g/mol. The quantitative estimate of drug-likeness (QED) is 0.737. The summed E-state index contributed by atoms with van der Waals surface area (Å²) in [7, 11) is 0. The van der Waals surface area contributed by atoms with Crippen LogP contribution in [0.1, 0.15) is 48.9 Å². The van der Waals surface area contributed by atoms with E-state index in [-0.39, 0.29) is 0 Å². The molecule has 0 saturated carbocycles. The second kappa shape index (κ2) is 6.60. The molecule has 1 nitrogen and oxygen atoms in total. The van der Waals surface area contributed by atoms with Crippen molar-refractivity contribution in [1.82, 2.24) is 0 Å². The van der Waals surface area contributed by atoms with E-state index in [1.807, 2.05) is 19.9 Å². The Bertz CT molecular complexity index is 557. The molecule has 20 heavy (non-hydrogen) atoms. The van der Waals surface area contributed by atoms with Gasteiger partial charge in [-0.2, -0.15) is 0 Å². The van der Waals surface area contributed by atoms with E-state index in [1.54, 1.807) is 0 Å². The van der Waals surface area contributed by atoms with Crippen molar-refractivity contribution in [1.29, 1.82) is 0 Å². The van der Waals surface area contributed by atoms with Crippen molar-refractivity contribution in [2.45, 2.75) is 46.6 Å². The maximum Gasteiger partial charge on any atom is 0.123 e. The Labute approximate surface area is 122 Å². The number of ether oxygens (including phenoxy) is 1. The van der Waals surface area contributed by atoms with Gasteiger partial charge in [-0.3, -0.25) is 0 Å². The highest BCUT2D eigenvalue weighted by atomic mass is 16.5. The van der Waals surface area contributed by atoms with Gasteiger partial charge in [-0.1, -0.05) is 57.2 Å². The fourth-order valence-electron chi connectivity index (χ4n) is 2.72. The molecule has 1 aliphatic rings. The normalized spacial score (nSPS) is 15.5. The molecule has 0 amide bonds. The zero-order chi connectivity index (χ0) is 14.5. The highest BCUT2D eigenvalue weighted by molar-refractivity contribution is 5.51. The fourth-order valence-corrected chi connectivity index (χ4v) is 2.72. The average Bonchev–Trinajstić information content (AvgIpc) is 2.47. The molecule has 0 saturated heterocycles. The highest BCUT2D eigenvalue weighted by Crippen LogP contribution is 2.42. The zero-order valence-electron chi connectivity index (χ0n) is 12.9. The summed E-state index contributed by atoms with van der Waals surface area (Å²) in [5.41, 5.74) is 5.39. The predicted molar refractivity (Wildman–Crippen MR) is 85.4 cm³/mol. The molecule has 0 fully saturated rings. The van der Waals surface area contributed by atoms with E-state index >= 15 is 0 Å². The van der Waals surface area contributed by atoms with Gasteiger partial charge in [0.15, 0.2) is 0 Å². The van der Waals surface area contributed by atoms with Gasteiger partial charge in [0.05, 0.1) is 0 Å². The SMILES string of the molecule is CC.Cc1cc2c(c(OCc3ccccc3)c1)C(C)C2. The van der Waals surface area contributed by atoms with Crippen molar-refractivity contribution in [2.75, 3.05) is 0 Å². The summed E-state index contributed by atoms with van der Waals surface area (Å²) < 4.78 is 6.01. The van der Waals surface area contributed by atoms with Gasteiger partial charge in [-0.05, 0) is 42.0 Å². The summed E-state index contributed by atoms with van der Waals surface area (Å²) in [6, 6.07) is 14.8.